The largest absolute Gasteiger partial charge is 0.342 e. The van der Waals surface area contributed by atoms with Gasteiger partial charge in [0.1, 0.15) is 12.1 Å². The Bertz CT molecular complexity index is 438. The fraction of sp³-hybridized carbons (Fsp3) is 0.882. The fourth-order valence-corrected chi connectivity index (χ4v) is 3.90. The molecule has 1 aliphatic heterocycles. The number of nitrogens with zero attached hydrogens (tertiary/aromatic N) is 1. The third-order valence-corrected chi connectivity index (χ3v) is 5.42. The Hall–Kier alpha value is -1.06. The van der Waals surface area contributed by atoms with Gasteiger partial charge >= 0.3 is 0 Å². The van der Waals surface area contributed by atoms with Crippen molar-refractivity contribution >= 4 is 11.8 Å². The molecule has 0 radical (unpaired) electrons. The standard InChI is InChI=1S/C17H28N2O2/c1-4-7-17(8-9-17)10-19-14(11(2)3)15(20)18-13(16(19)21)12-5-6-12/h11-14H,4-10H2,1-3H3,(H,18,20). The zero-order chi connectivity index (χ0) is 15.2. The van der Waals surface area contributed by atoms with Crippen LogP contribution in [0.2, 0.25) is 0 Å². The molecule has 0 bridgehead atoms. The second-order valence-electron chi connectivity index (χ2n) is 7.73. The van der Waals surface area contributed by atoms with E-state index in [2.05, 4.69) is 12.2 Å². The topological polar surface area (TPSA) is 49.4 Å². The molecule has 2 atom stereocenters. The molecule has 0 aromatic rings. The van der Waals surface area contributed by atoms with Crippen LogP contribution in [0.3, 0.4) is 0 Å². The molecule has 0 aromatic heterocycles. The smallest absolute Gasteiger partial charge is 0.246 e. The van der Waals surface area contributed by atoms with Gasteiger partial charge in [0.2, 0.25) is 11.8 Å². The first-order valence-electron chi connectivity index (χ1n) is 8.58. The second-order valence-corrected chi connectivity index (χ2v) is 7.73. The summed E-state index contributed by atoms with van der Waals surface area (Å²) in [5.74, 6) is 0.803. The highest BCUT2D eigenvalue weighted by Crippen LogP contribution is 2.51. The third-order valence-electron chi connectivity index (χ3n) is 5.42. The van der Waals surface area contributed by atoms with Crippen molar-refractivity contribution in [2.45, 2.75) is 71.4 Å². The van der Waals surface area contributed by atoms with Gasteiger partial charge in [-0.15, -0.1) is 0 Å². The summed E-state index contributed by atoms with van der Waals surface area (Å²) < 4.78 is 0. The molecule has 3 fully saturated rings. The van der Waals surface area contributed by atoms with E-state index in [4.69, 9.17) is 0 Å². The first-order valence-corrected chi connectivity index (χ1v) is 8.58. The number of rotatable bonds is 6. The lowest BCUT2D eigenvalue weighted by atomic mass is 9.92. The summed E-state index contributed by atoms with van der Waals surface area (Å²) in [5.41, 5.74) is 0.309. The van der Waals surface area contributed by atoms with Crippen molar-refractivity contribution in [2.75, 3.05) is 6.54 Å². The molecule has 0 spiro atoms. The summed E-state index contributed by atoms with van der Waals surface area (Å²) in [4.78, 5) is 27.3. The van der Waals surface area contributed by atoms with Crippen molar-refractivity contribution in [3.8, 4) is 0 Å². The molecule has 1 saturated heterocycles. The molecule has 118 valence electrons. The van der Waals surface area contributed by atoms with Gasteiger partial charge in [-0.2, -0.15) is 0 Å². The molecule has 2 saturated carbocycles. The maximum Gasteiger partial charge on any atom is 0.246 e. The Morgan fingerprint density at radius 3 is 2.43 bits per heavy atom. The first-order chi connectivity index (χ1) is 9.97. The van der Waals surface area contributed by atoms with Gasteiger partial charge < -0.3 is 10.2 Å². The van der Waals surface area contributed by atoms with Gasteiger partial charge in [0.15, 0.2) is 0 Å². The lowest BCUT2D eigenvalue weighted by Crippen LogP contribution is -2.66. The van der Waals surface area contributed by atoms with E-state index in [1.54, 1.807) is 0 Å². The van der Waals surface area contributed by atoms with Crippen LogP contribution in [0.1, 0.15) is 59.3 Å². The Morgan fingerprint density at radius 2 is 1.95 bits per heavy atom. The van der Waals surface area contributed by atoms with Crippen LogP contribution in [0, 0.1) is 17.3 Å². The molecule has 4 nitrogen and oxygen atoms in total. The van der Waals surface area contributed by atoms with Crippen LogP contribution in [-0.2, 0) is 9.59 Å². The molecule has 2 amide bonds. The summed E-state index contributed by atoms with van der Waals surface area (Å²) in [5, 5.41) is 3.00. The SMILES string of the molecule is CCCC1(CN2C(=O)C(C3CC3)NC(=O)C2C(C)C)CC1. The number of piperazine rings is 1. The fourth-order valence-electron chi connectivity index (χ4n) is 3.90. The highest BCUT2D eigenvalue weighted by molar-refractivity contribution is 5.97. The summed E-state index contributed by atoms with van der Waals surface area (Å²) in [7, 11) is 0. The Morgan fingerprint density at radius 1 is 1.29 bits per heavy atom. The van der Waals surface area contributed by atoms with Gasteiger partial charge in [0, 0.05) is 6.54 Å². The molecule has 3 rings (SSSR count). The number of hydrogen-bond donors (Lipinski definition) is 1. The molecule has 1 N–H and O–H groups in total. The van der Waals surface area contributed by atoms with E-state index < -0.39 is 0 Å². The number of hydrogen-bond acceptors (Lipinski definition) is 2. The van der Waals surface area contributed by atoms with Gasteiger partial charge in [-0.3, -0.25) is 9.59 Å². The minimum absolute atomic E-state index is 0.0637. The molecule has 2 unspecified atom stereocenters. The summed E-state index contributed by atoms with van der Waals surface area (Å²) in [6.45, 7) is 7.08. The van der Waals surface area contributed by atoms with Crippen molar-refractivity contribution in [3.63, 3.8) is 0 Å². The zero-order valence-corrected chi connectivity index (χ0v) is 13.5. The van der Waals surface area contributed by atoms with E-state index in [9.17, 15) is 9.59 Å². The predicted octanol–water partition coefficient (Wildman–Crippen LogP) is 2.33. The van der Waals surface area contributed by atoms with Crippen LogP contribution in [-0.4, -0.2) is 35.3 Å². The Labute approximate surface area is 127 Å². The van der Waals surface area contributed by atoms with Gasteiger partial charge in [0.25, 0.3) is 0 Å². The normalized spacial score (nSPS) is 31.5. The van der Waals surface area contributed by atoms with E-state index in [-0.39, 0.29) is 29.8 Å². The van der Waals surface area contributed by atoms with E-state index in [0.29, 0.717) is 11.3 Å². The van der Waals surface area contributed by atoms with Gasteiger partial charge in [-0.25, -0.2) is 0 Å². The minimum Gasteiger partial charge on any atom is -0.342 e. The first kappa shape index (κ1) is 14.9. The van der Waals surface area contributed by atoms with Gasteiger partial charge in [-0.1, -0.05) is 27.2 Å². The van der Waals surface area contributed by atoms with Crippen LogP contribution < -0.4 is 5.32 Å². The highest BCUT2D eigenvalue weighted by atomic mass is 16.2. The van der Waals surface area contributed by atoms with Gasteiger partial charge in [-0.05, 0) is 49.4 Å². The third kappa shape index (κ3) is 2.82. The molecule has 2 aliphatic carbocycles. The number of carbonyl (C=O) groups is 2. The van der Waals surface area contributed by atoms with E-state index in [1.165, 1.54) is 19.3 Å². The lowest BCUT2D eigenvalue weighted by Gasteiger charge is -2.42. The molecule has 3 aliphatic rings. The van der Waals surface area contributed by atoms with Gasteiger partial charge in [0.05, 0.1) is 0 Å². The maximum absolute atomic E-state index is 12.9. The number of nitrogens with one attached hydrogen (secondary N) is 1. The molecule has 21 heavy (non-hydrogen) atoms. The summed E-state index contributed by atoms with van der Waals surface area (Å²) >= 11 is 0. The molecule has 0 aromatic carbocycles. The lowest BCUT2D eigenvalue weighted by molar-refractivity contribution is -0.152. The highest BCUT2D eigenvalue weighted by Gasteiger charge is 2.52. The minimum atomic E-state index is -0.276. The predicted molar refractivity (Wildman–Crippen MR) is 81.6 cm³/mol. The van der Waals surface area contributed by atoms with Crippen LogP contribution in [0.25, 0.3) is 0 Å². The summed E-state index contributed by atoms with van der Waals surface area (Å²) in [6, 6.07) is -0.522. The average Bonchev–Trinajstić information content (AvgIpc) is 3.28. The van der Waals surface area contributed by atoms with Crippen molar-refractivity contribution in [1.82, 2.24) is 10.2 Å². The average molecular weight is 292 g/mol. The maximum atomic E-state index is 12.9. The van der Waals surface area contributed by atoms with Crippen LogP contribution in [0.4, 0.5) is 0 Å². The zero-order valence-electron chi connectivity index (χ0n) is 13.5. The molecule has 1 heterocycles. The Balaban J connectivity index is 1.80. The number of carbonyl (C=O) groups excluding carboxylic acids is 2. The summed E-state index contributed by atoms with van der Waals surface area (Å²) in [6.07, 6.45) is 6.92. The Kier molecular flexibility index (Phi) is 3.74. The quantitative estimate of drug-likeness (QED) is 0.817. The molecular formula is C17H28N2O2. The van der Waals surface area contributed by atoms with E-state index >= 15 is 0 Å². The van der Waals surface area contributed by atoms with Crippen molar-refractivity contribution in [2.24, 2.45) is 17.3 Å². The van der Waals surface area contributed by atoms with Crippen LogP contribution in [0.15, 0.2) is 0 Å². The molecule has 4 heteroatoms. The van der Waals surface area contributed by atoms with E-state index in [1.807, 2.05) is 18.7 Å². The van der Waals surface area contributed by atoms with Crippen LogP contribution in [0.5, 0.6) is 0 Å². The van der Waals surface area contributed by atoms with Crippen molar-refractivity contribution in [3.05, 3.63) is 0 Å². The number of amides is 2. The second kappa shape index (κ2) is 5.29. The van der Waals surface area contributed by atoms with E-state index in [0.717, 1.165) is 25.8 Å². The van der Waals surface area contributed by atoms with Crippen molar-refractivity contribution < 1.29 is 9.59 Å². The van der Waals surface area contributed by atoms with Crippen LogP contribution >= 0.6 is 0 Å². The molecular weight excluding hydrogens is 264 g/mol. The van der Waals surface area contributed by atoms with Crippen molar-refractivity contribution in [1.29, 1.82) is 0 Å². The monoisotopic (exact) mass is 292 g/mol.